The molecule has 0 bridgehead atoms. The minimum absolute atomic E-state index is 0.0525. The number of carbonyl (C=O) groups excluding carboxylic acids is 2. The number of hydrogen-bond acceptors (Lipinski definition) is 5. The molecular formula is C17H30O5Si. The number of rotatable bonds is 11. The van der Waals surface area contributed by atoms with E-state index in [1.807, 2.05) is 0 Å². The zero-order valence-electron chi connectivity index (χ0n) is 15.0. The van der Waals surface area contributed by atoms with Crippen molar-refractivity contribution in [2.24, 2.45) is 0 Å². The zero-order valence-corrected chi connectivity index (χ0v) is 16.0. The fraction of sp³-hybridized carbons (Fsp3) is 0.647. The first-order valence-corrected chi connectivity index (χ1v) is 10.7. The summed E-state index contributed by atoms with van der Waals surface area (Å²) in [5.74, 6) is -0.752. The SMILES string of the molecule is CC[Si](CC)(CC)OC(C/C=C/C(=O)OC)C/C=C/C(=O)OC. The van der Waals surface area contributed by atoms with Gasteiger partial charge >= 0.3 is 11.9 Å². The summed E-state index contributed by atoms with van der Waals surface area (Å²) in [7, 11) is 0.949. The van der Waals surface area contributed by atoms with Crippen LogP contribution in [0.15, 0.2) is 24.3 Å². The second kappa shape index (κ2) is 12.1. The fourth-order valence-electron chi connectivity index (χ4n) is 2.31. The van der Waals surface area contributed by atoms with Gasteiger partial charge in [-0.1, -0.05) is 32.9 Å². The Bertz CT molecular complexity index is 377. The number of ether oxygens (including phenoxy) is 2. The van der Waals surface area contributed by atoms with Crippen molar-refractivity contribution in [1.29, 1.82) is 0 Å². The van der Waals surface area contributed by atoms with E-state index in [4.69, 9.17) is 4.43 Å². The highest BCUT2D eigenvalue weighted by atomic mass is 28.4. The number of methoxy groups -OCH3 is 2. The summed E-state index contributed by atoms with van der Waals surface area (Å²) in [6, 6.07) is 3.16. The lowest BCUT2D eigenvalue weighted by molar-refractivity contribution is -0.135. The Balaban J connectivity index is 4.90. The van der Waals surface area contributed by atoms with Crippen LogP contribution in [0.5, 0.6) is 0 Å². The van der Waals surface area contributed by atoms with Gasteiger partial charge in [0.1, 0.15) is 0 Å². The van der Waals surface area contributed by atoms with E-state index in [1.165, 1.54) is 26.4 Å². The van der Waals surface area contributed by atoms with Gasteiger partial charge in [0.05, 0.1) is 20.3 Å². The van der Waals surface area contributed by atoms with Gasteiger partial charge in [-0.3, -0.25) is 0 Å². The average Bonchev–Trinajstić information content (AvgIpc) is 2.58. The van der Waals surface area contributed by atoms with Crippen LogP contribution in [0, 0.1) is 0 Å². The highest BCUT2D eigenvalue weighted by molar-refractivity contribution is 6.73. The van der Waals surface area contributed by atoms with E-state index in [2.05, 4.69) is 30.2 Å². The van der Waals surface area contributed by atoms with Crippen LogP contribution in [-0.4, -0.2) is 40.6 Å². The number of hydrogen-bond donors (Lipinski definition) is 0. The smallest absolute Gasteiger partial charge is 0.330 e. The zero-order chi connectivity index (χ0) is 17.7. The third-order valence-corrected chi connectivity index (χ3v) is 8.76. The maximum atomic E-state index is 11.2. The van der Waals surface area contributed by atoms with E-state index in [1.54, 1.807) is 12.2 Å². The second-order valence-corrected chi connectivity index (χ2v) is 10.0. The fourth-order valence-corrected chi connectivity index (χ4v) is 5.21. The summed E-state index contributed by atoms with van der Waals surface area (Å²) in [5, 5.41) is 0. The molecule has 0 saturated heterocycles. The summed E-state index contributed by atoms with van der Waals surface area (Å²) in [6.07, 6.45) is 7.51. The molecule has 0 aliphatic heterocycles. The van der Waals surface area contributed by atoms with E-state index in [9.17, 15) is 9.59 Å². The molecular weight excluding hydrogens is 312 g/mol. The molecule has 0 amide bonds. The van der Waals surface area contributed by atoms with Crippen molar-refractivity contribution in [2.45, 2.75) is 57.8 Å². The van der Waals surface area contributed by atoms with Crippen LogP contribution in [0.2, 0.25) is 18.1 Å². The van der Waals surface area contributed by atoms with Crippen LogP contribution in [0.25, 0.3) is 0 Å². The van der Waals surface area contributed by atoms with Crippen LogP contribution in [0.1, 0.15) is 33.6 Å². The minimum atomic E-state index is -1.75. The van der Waals surface area contributed by atoms with Crippen LogP contribution in [-0.2, 0) is 23.5 Å². The van der Waals surface area contributed by atoms with Crippen molar-refractivity contribution >= 4 is 20.3 Å². The maximum Gasteiger partial charge on any atom is 0.330 e. The largest absolute Gasteiger partial charge is 0.466 e. The van der Waals surface area contributed by atoms with E-state index < -0.39 is 8.32 Å². The van der Waals surface area contributed by atoms with Gasteiger partial charge in [0.2, 0.25) is 0 Å². The second-order valence-electron chi connectivity index (χ2n) is 5.31. The van der Waals surface area contributed by atoms with Crippen LogP contribution < -0.4 is 0 Å². The Morgan fingerprint density at radius 2 is 1.26 bits per heavy atom. The molecule has 0 fully saturated rings. The first-order valence-electron chi connectivity index (χ1n) is 8.13. The van der Waals surface area contributed by atoms with Gasteiger partial charge in [-0.05, 0) is 31.0 Å². The summed E-state index contributed by atoms with van der Waals surface area (Å²) in [6.45, 7) is 6.51. The molecule has 0 heterocycles. The predicted molar refractivity (Wildman–Crippen MR) is 93.6 cm³/mol. The molecule has 0 saturated carbocycles. The molecule has 0 unspecified atom stereocenters. The molecule has 0 aromatic carbocycles. The summed E-state index contributed by atoms with van der Waals surface area (Å²) >= 11 is 0. The molecule has 0 N–H and O–H groups in total. The third-order valence-electron chi connectivity index (χ3n) is 4.06. The third kappa shape index (κ3) is 8.71. The topological polar surface area (TPSA) is 61.8 Å². The monoisotopic (exact) mass is 342 g/mol. The highest BCUT2D eigenvalue weighted by Gasteiger charge is 2.31. The Morgan fingerprint density at radius 3 is 1.57 bits per heavy atom. The molecule has 23 heavy (non-hydrogen) atoms. The molecule has 5 nitrogen and oxygen atoms in total. The van der Waals surface area contributed by atoms with Gasteiger partial charge < -0.3 is 13.9 Å². The van der Waals surface area contributed by atoms with Gasteiger partial charge in [-0.2, -0.15) is 0 Å². The first-order chi connectivity index (χ1) is 11.0. The molecule has 0 atom stereocenters. The van der Waals surface area contributed by atoms with Crippen molar-refractivity contribution in [2.75, 3.05) is 14.2 Å². The molecule has 6 heteroatoms. The lowest BCUT2D eigenvalue weighted by Crippen LogP contribution is -2.39. The van der Waals surface area contributed by atoms with Crippen molar-refractivity contribution < 1.29 is 23.5 Å². The van der Waals surface area contributed by atoms with E-state index in [0.29, 0.717) is 12.8 Å². The van der Waals surface area contributed by atoms with Crippen LogP contribution in [0.3, 0.4) is 0 Å². The van der Waals surface area contributed by atoms with E-state index in [-0.39, 0.29) is 18.0 Å². The lowest BCUT2D eigenvalue weighted by Gasteiger charge is -2.32. The van der Waals surface area contributed by atoms with Crippen molar-refractivity contribution in [3.8, 4) is 0 Å². The Morgan fingerprint density at radius 1 is 0.870 bits per heavy atom. The van der Waals surface area contributed by atoms with Gasteiger partial charge in [-0.15, -0.1) is 0 Å². The lowest BCUT2D eigenvalue weighted by atomic mass is 10.1. The standard InChI is InChI=1S/C17H30O5Si/c1-6-23(7-2,8-3)22-15(11-9-13-16(18)20-4)12-10-14-17(19)21-5/h9-10,13-15H,6-8,11-12H2,1-5H3/b13-9+,14-10+. The van der Waals surface area contributed by atoms with Crippen LogP contribution in [0.4, 0.5) is 0 Å². The van der Waals surface area contributed by atoms with E-state index in [0.717, 1.165) is 18.1 Å². The molecule has 0 aliphatic carbocycles. The number of carbonyl (C=O) groups is 2. The molecule has 132 valence electrons. The molecule has 0 aromatic rings. The summed E-state index contributed by atoms with van der Waals surface area (Å²) in [5.41, 5.74) is 0. The average molecular weight is 343 g/mol. The Hall–Kier alpha value is -1.40. The van der Waals surface area contributed by atoms with Crippen molar-refractivity contribution in [1.82, 2.24) is 0 Å². The van der Waals surface area contributed by atoms with Gasteiger partial charge in [0, 0.05) is 12.2 Å². The molecule has 0 rings (SSSR count). The summed E-state index contributed by atoms with van der Waals surface area (Å²) < 4.78 is 15.6. The van der Waals surface area contributed by atoms with Crippen molar-refractivity contribution in [3.05, 3.63) is 24.3 Å². The van der Waals surface area contributed by atoms with Crippen molar-refractivity contribution in [3.63, 3.8) is 0 Å². The molecule has 0 aliphatic rings. The van der Waals surface area contributed by atoms with Crippen LogP contribution >= 0.6 is 0 Å². The first kappa shape index (κ1) is 21.6. The molecule has 0 radical (unpaired) electrons. The molecule has 0 spiro atoms. The minimum Gasteiger partial charge on any atom is -0.466 e. The number of esters is 2. The maximum absolute atomic E-state index is 11.2. The predicted octanol–water partition coefficient (Wildman–Crippen LogP) is 3.62. The highest BCUT2D eigenvalue weighted by Crippen LogP contribution is 2.25. The van der Waals surface area contributed by atoms with Gasteiger partial charge in [0.15, 0.2) is 8.32 Å². The Labute approximate surface area is 140 Å². The summed E-state index contributed by atoms with van der Waals surface area (Å²) in [4.78, 5) is 22.3. The molecule has 0 aromatic heterocycles. The quantitative estimate of drug-likeness (QED) is 0.326. The van der Waals surface area contributed by atoms with E-state index >= 15 is 0 Å². The normalized spacial score (nSPS) is 12.3. The Kier molecular flexibility index (Phi) is 11.3. The van der Waals surface area contributed by atoms with Gasteiger partial charge in [-0.25, -0.2) is 9.59 Å². The van der Waals surface area contributed by atoms with Gasteiger partial charge in [0.25, 0.3) is 0 Å².